The van der Waals surface area contributed by atoms with Gasteiger partial charge in [0.1, 0.15) is 17.0 Å². The maximum absolute atomic E-state index is 4.62. The second-order valence-electron chi connectivity index (χ2n) is 8.56. The van der Waals surface area contributed by atoms with Gasteiger partial charge in [-0.05, 0) is 46.1 Å². The third kappa shape index (κ3) is 3.46. The van der Waals surface area contributed by atoms with Crippen molar-refractivity contribution in [2.24, 2.45) is 0 Å². The molecule has 4 nitrogen and oxygen atoms in total. The van der Waals surface area contributed by atoms with Gasteiger partial charge in [-0.15, -0.1) is 11.3 Å². The Labute approximate surface area is 159 Å². The SMILES string of the molecule is CC1(C)CC(Nc2ncnc3scc(-c4ccccc4)c23)CC(C)(C)N1. The number of thiophene rings is 1. The molecular formula is C21H26N4S. The van der Waals surface area contributed by atoms with Crippen LogP contribution in [-0.2, 0) is 0 Å². The fraction of sp³-hybridized carbons (Fsp3) is 0.429. The Morgan fingerprint density at radius 1 is 1.04 bits per heavy atom. The topological polar surface area (TPSA) is 49.8 Å². The number of anilines is 1. The lowest BCUT2D eigenvalue weighted by Crippen LogP contribution is -2.60. The Hall–Kier alpha value is -1.98. The third-order valence-corrected chi connectivity index (χ3v) is 5.87. The number of piperidine rings is 1. The molecule has 0 spiro atoms. The number of rotatable bonds is 3. The van der Waals surface area contributed by atoms with Crippen LogP contribution in [0.1, 0.15) is 40.5 Å². The predicted molar refractivity (Wildman–Crippen MR) is 111 cm³/mol. The molecule has 0 radical (unpaired) electrons. The quantitative estimate of drug-likeness (QED) is 0.679. The Bertz CT molecular complexity index is 898. The molecule has 1 aromatic carbocycles. The standard InChI is InChI=1S/C21H26N4S/c1-20(2)10-15(11-21(3,4)25-20)24-18-17-16(14-8-6-5-7-9-14)12-26-19(17)23-13-22-18/h5-9,12-13,15,25H,10-11H2,1-4H3,(H,22,23,24). The normalized spacial score (nSPS) is 19.5. The number of fused-ring (bicyclic) bond motifs is 1. The van der Waals surface area contributed by atoms with Crippen molar-refractivity contribution in [3.8, 4) is 11.1 Å². The lowest BCUT2D eigenvalue weighted by molar-refractivity contribution is 0.170. The summed E-state index contributed by atoms with van der Waals surface area (Å²) >= 11 is 1.68. The fourth-order valence-electron chi connectivity index (χ4n) is 4.43. The molecule has 0 amide bonds. The Morgan fingerprint density at radius 2 is 1.73 bits per heavy atom. The van der Waals surface area contributed by atoms with Crippen molar-refractivity contribution >= 4 is 27.4 Å². The van der Waals surface area contributed by atoms with Gasteiger partial charge in [-0.2, -0.15) is 0 Å². The molecule has 1 aliphatic rings. The zero-order chi connectivity index (χ0) is 18.4. The molecule has 26 heavy (non-hydrogen) atoms. The van der Waals surface area contributed by atoms with E-state index in [1.54, 1.807) is 17.7 Å². The summed E-state index contributed by atoms with van der Waals surface area (Å²) in [6.07, 6.45) is 3.80. The summed E-state index contributed by atoms with van der Waals surface area (Å²) in [5.74, 6) is 0.952. The third-order valence-electron chi connectivity index (χ3n) is 4.99. The molecular weight excluding hydrogens is 340 g/mol. The fourth-order valence-corrected chi connectivity index (χ4v) is 5.35. The first-order valence-electron chi connectivity index (χ1n) is 9.17. The number of hydrogen-bond acceptors (Lipinski definition) is 5. The molecule has 1 fully saturated rings. The molecule has 0 unspecified atom stereocenters. The van der Waals surface area contributed by atoms with Crippen LogP contribution < -0.4 is 10.6 Å². The lowest BCUT2D eigenvalue weighted by Gasteiger charge is -2.46. The zero-order valence-electron chi connectivity index (χ0n) is 15.8. The molecule has 3 heterocycles. The highest BCUT2D eigenvalue weighted by Gasteiger charge is 2.37. The molecule has 1 aliphatic heterocycles. The van der Waals surface area contributed by atoms with Crippen molar-refractivity contribution in [3.63, 3.8) is 0 Å². The molecule has 1 saturated heterocycles. The highest BCUT2D eigenvalue weighted by molar-refractivity contribution is 7.17. The van der Waals surface area contributed by atoms with Crippen LogP contribution >= 0.6 is 11.3 Å². The minimum absolute atomic E-state index is 0.0997. The van der Waals surface area contributed by atoms with Crippen LogP contribution in [-0.4, -0.2) is 27.1 Å². The Balaban J connectivity index is 1.72. The number of aromatic nitrogens is 2. The van der Waals surface area contributed by atoms with Crippen molar-refractivity contribution in [1.29, 1.82) is 0 Å². The maximum Gasteiger partial charge on any atom is 0.139 e. The first kappa shape index (κ1) is 17.4. The summed E-state index contributed by atoms with van der Waals surface area (Å²) < 4.78 is 0. The summed E-state index contributed by atoms with van der Waals surface area (Å²) in [7, 11) is 0. The molecule has 0 aliphatic carbocycles. The molecule has 5 heteroatoms. The van der Waals surface area contributed by atoms with Gasteiger partial charge in [0, 0.05) is 28.1 Å². The second-order valence-corrected chi connectivity index (χ2v) is 9.42. The molecule has 4 rings (SSSR count). The Morgan fingerprint density at radius 3 is 2.42 bits per heavy atom. The van der Waals surface area contributed by atoms with E-state index in [-0.39, 0.29) is 11.1 Å². The number of hydrogen-bond donors (Lipinski definition) is 2. The van der Waals surface area contributed by atoms with E-state index >= 15 is 0 Å². The number of nitrogens with one attached hydrogen (secondary N) is 2. The predicted octanol–water partition coefficient (Wildman–Crippen LogP) is 5.08. The average molecular weight is 367 g/mol. The summed E-state index contributed by atoms with van der Waals surface area (Å²) in [5.41, 5.74) is 2.62. The second kappa shape index (κ2) is 6.32. The van der Waals surface area contributed by atoms with Crippen molar-refractivity contribution in [3.05, 3.63) is 42.0 Å². The van der Waals surface area contributed by atoms with Gasteiger partial charge < -0.3 is 10.6 Å². The van der Waals surface area contributed by atoms with E-state index in [1.165, 1.54) is 11.1 Å². The van der Waals surface area contributed by atoms with E-state index in [4.69, 9.17) is 0 Å². The maximum atomic E-state index is 4.62. The first-order valence-corrected chi connectivity index (χ1v) is 10.0. The summed E-state index contributed by atoms with van der Waals surface area (Å²) in [4.78, 5) is 10.1. The van der Waals surface area contributed by atoms with Crippen LogP contribution in [0.4, 0.5) is 5.82 Å². The molecule has 2 aromatic heterocycles. The molecule has 0 saturated carbocycles. The van der Waals surface area contributed by atoms with E-state index in [1.807, 2.05) is 6.07 Å². The molecule has 0 atom stereocenters. The van der Waals surface area contributed by atoms with Gasteiger partial charge in [0.25, 0.3) is 0 Å². The van der Waals surface area contributed by atoms with E-state index in [9.17, 15) is 0 Å². The van der Waals surface area contributed by atoms with Crippen LogP contribution in [0.2, 0.25) is 0 Å². The molecule has 136 valence electrons. The largest absolute Gasteiger partial charge is 0.367 e. The zero-order valence-corrected chi connectivity index (χ0v) is 16.7. The number of benzene rings is 1. The highest BCUT2D eigenvalue weighted by atomic mass is 32.1. The van der Waals surface area contributed by atoms with E-state index in [0.29, 0.717) is 6.04 Å². The molecule has 3 aromatic rings. The van der Waals surface area contributed by atoms with E-state index in [2.05, 4.69) is 77.9 Å². The summed E-state index contributed by atoms with van der Waals surface area (Å²) in [6, 6.07) is 10.9. The van der Waals surface area contributed by atoms with E-state index < -0.39 is 0 Å². The lowest BCUT2D eigenvalue weighted by atomic mass is 9.79. The van der Waals surface area contributed by atoms with Crippen LogP contribution in [0.25, 0.3) is 21.3 Å². The van der Waals surface area contributed by atoms with Gasteiger partial charge in [0.2, 0.25) is 0 Å². The van der Waals surface area contributed by atoms with Gasteiger partial charge in [-0.3, -0.25) is 0 Å². The van der Waals surface area contributed by atoms with Gasteiger partial charge in [-0.1, -0.05) is 30.3 Å². The summed E-state index contributed by atoms with van der Waals surface area (Å²) in [6.45, 7) is 9.10. The molecule has 0 bridgehead atoms. The minimum Gasteiger partial charge on any atom is -0.367 e. The van der Waals surface area contributed by atoms with Crippen LogP contribution in [0.15, 0.2) is 42.0 Å². The van der Waals surface area contributed by atoms with Crippen LogP contribution in [0, 0.1) is 0 Å². The monoisotopic (exact) mass is 366 g/mol. The van der Waals surface area contributed by atoms with E-state index in [0.717, 1.165) is 28.9 Å². The average Bonchev–Trinajstić information content (AvgIpc) is 2.98. The Kier molecular flexibility index (Phi) is 4.24. The van der Waals surface area contributed by atoms with Crippen LogP contribution in [0.3, 0.4) is 0 Å². The van der Waals surface area contributed by atoms with Crippen molar-refractivity contribution in [1.82, 2.24) is 15.3 Å². The van der Waals surface area contributed by atoms with Gasteiger partial charge in [0.15, 0.2) is 0 Å². The van der Waals surface area contributed by atoms with Crippen molar-refractivity contribution in [2.45, 2.75) is 57.7 Å². The number of nitrogens with zero attached hydrogens (tertiary/aromatic N) is 2. The minimum atomic E-state index is 0.0997. The summed E-state index contributed by atoms with van der Waals surface area (Å²) in [5, 5.41) is 10.8. The first-order chi connectivity index (χ1) is 12.3. The highest BCUT2D eigenvalue weighted by Crippen LogP contribution is 2.38. The van der Waals surface area contributed by atoms with Crippen LogP contribution in [0.5, 0.6) is 0 Å². The smallest absolute Gasteiger partial charge is 0.139 e. The van der Waals surface area contributed by atoms with Gasteiger partial charge >= 0.3 is 0 Å². The van der Waals surface area contributed by atoms with Gasteiger partial charge in [0.05, 0.1) is 5.39 Å². The van der Waals surface area contributed by atoms with Gasteiger partial charge in [-0.25, -0.2) is 9.97 Å². The van der Waals surface area contributed by atoms with Crippen molar-refractivity contribution < 1.29 is 0 Å². The van der Waals surface area contributed by atoms with Crippen molar-refractivity contribution in [2.75, 3.05) is 5.32 Å². The molecule has 2 N–H and O–H groups in total.